The first-order chi connectivity index (χ1) is 17.6. The summed E-state index contributed by atoms with van der Waals surface area (Å²) in [5.74, 6) is -0.418. The number of nitrogens with zero attached hydrogens (tertiary/aromatic N) is 2. The number of methoxy groups -OCH3 is 1. The average molecular weight is 501 g/mol. The molecule has 7 nitrogen and oxygen atoms in total. The van der Waals surface area contributed by atoms with Crippen molar-refractivity contribution in [2.45, 2.75) is 32.9 Å². The van der Waals surface area contributed by atoms with Crippen LogP contribution in [0, 0.1) is 6.92 Å². The predicted octanol–water partition coefficient (Wildman–Crippen LogP) is 5.48. The van der Waals surface area contributed by atoms with Crippen LogP contribution in [0.3, 0.4) is 0 Å². The summed E-state index contributed by atoms with van der Waals surface area (Å²) in [6, 6.07) is 19.0. The number of amides is 1. The van der Waals surface area contributed by atoms with Gasteiger partial charge < -0.3 is 19.5 Å². The Labute approximate surface area is 217 Å². The molecular formula is C30H32N2O5. The van der Waals surface area contributed by atoms with Crippen LogP contribution in [0.15, 0.2) is 72.3 Å². The summed E-state index contributed by atoms with van der Waals surface area (Å²) in [7, 11) is 5.43. The zero-order valence-corrected chi connectivity index (χ0v) is 22.0. The standard InChI is InChI=1S/C30H32N2O5/c1-18(2)37-24-9-7-8-20(17-24)27-26(28(33)21-10-15-25(36-6)19(3)16-21)29(34)30(35)32(27)23-13-11-22(12-14-23)31(4)5/h7-18,27,33H,1-6H3/b28-26+. The number of hydrogen-bond acceptors (Lipinski definition) is 6. The van der Waals surface area contributed by atoms with Gasteiger partial charge in [-0.25, -0.2) is 0 Å². The van der Waals surface area contributed by atoms with Gasteiger partial charge in [0.25, 0.3) is 11.7 Å². The first-order valence-corrected chi connectivity index (χ1v) is 12.1. The molecule has 0 saturated carbocycles. The van der Waals surface area contributed by atoms with Gasteiger partial charge in [0.15, 0.2) is 0 Å². The molecule has 0 bridgehead atoms. The van der Waals surface area contributed by atoms with Gasteiger partial charge in [0, 0.05) is 31.0 Å². The highest BCUT2D eigenvalue weighted by atomic mass is 16.5. The van der Waals surface area contributed by atoms with Crippen LogP contribution in [-0.4, -0.2) is 44.1 Å². The average Bonchev–Trinajstić information content (AvgIpc) is 3.13. The SMILES string of the molecule is COc1ccc(/C(O)=C2\C(=O)C(=O)N(c3ccc(N(C)C)cc3)C2c2cccc(OC(C)C)c2)cc1C. The minimum Gasteiger partial charge on any atom is -0.507 e. The number of benzene rings is 3. The summed E-state index contributed by atoms with van der Waals surface area (Å²) in [6.07, 6.45) is -0.0533. The number of Topliss-reactive ketones (excluding diaryl/α,β-unsaturated/α-hetero) is 1. The van der Waals surface area contributed by atoms with Gasteiger partial charge in [-0.3, -0.25) is 14.5 Å². The van der Waals surface area contributed by atoms with Crippen LogP contribution in [-0.2, 0) is 9.59 Å². The summed E-state index contributed by atoms with van der Waals surface area (Å²) in [6.45, 7) is 5.71. The summed E-state index contributed by atoms with van der Waals surface area (Å²) in [5, 5.41) is 11.4. The fourth-order valence-corrected chi connectivity index (χ4v) is 4.54. The van der Waals surface area contributed by atoms with E-state index in [2.05, 4.69) is 0 Å². The monoisotopic (exact) mass is 500 g/mol. The molecule has 1 atom stereocenters. The van der Waals surface area contributed by atoms with Gasteiger partial charge >= 0.3 is 0 Å². The zero-order chi connectivity index (χ0) is 26.9. The summed E-state index contributed by atoms with van der Waals surface area (Å²) in [5.41, 5.74) is 3.41. The number of carbonyl (C=O) groups is 2. The highest BCUT2D eigenvalue weighted by Crippen LogP contribution is 2.43. The van der Waals surface area contributed by atoms with Gasteiger partial charge in [-0.2, -0.15) is 0 Å². The topological polar surface area (TPSA) is 79.3 Å². The molecule has 0 radical (unpaired) electrons. The summed E-state index contributed by atoms with van der Waals surface area (Å²) in [4.78, 5) is 30.3. The minimum absolute atomic E-state index is 0.0212. The molecule has 1 N–H and O–H groups in total. The smallest absolute Gasteiger partial charge is 0.300 e. The molecule has 4 rings (SSSR count). The quantitative estimate of drug-likeness (QED) is 0.263. The van der Waals surface area contributed by atoms with Gasteiger partial charge in [-0.05, 0) is 86.5 Å². The fourth-order valence-electron chi connectivity index (χ4n) is 4.54. The predicted molar refractivity (Wildman–Crippen MR) is 145 cm³/mol. The molecule has 1 saturated heterocycles. The van der Waals surface area contributed by atoms with Gasteiger partial charge in [-0.15, -0.1) is 0 Å². The van der Waals surface area contributed by atoms with Crippen molar-refractivity contribution in [3.05, 3.63) is 89.0 Å². The first-order valence-electron chi connectivity index (χ1n) is 12.1. The number of carbonyl (C=O) groups excluding carboxylic acids is 2. The van der Waals surface area contributed by atoms with Crippen molar-refractivity contribution < 1.29 is 24.2 Å². The van der Waals surface area contributed by atoms with Crippen LogP contribution in [0.5, 0.6) is 11.5 Å². The van der Waals surface area contributed by atoms with E-state index in [1.807, 2.05) is 76.2 Å². The second kappa shape index (κ2) is 10.4. The number of aliphatic hydroxyl groups is 1. The second-order valence-electron chi connectivity index (χ2n) is 9.50. The highest BCUT2D eigenvalue weighted by Gasteiger charge is 2.47. The molecule has 37 heavy (non-hydrogen) atoms. The second-order valence-corrected chi connectivity index (χ2v) is 9.50. The lowest BCUT2D eigenvalue weighted by atomic mass is 9.94. The maximum atomic E-state index is 13.5. The number of rotatable bonds is 7. The lowest BCUT2D eigenvalue weighted by Gasteiger charge is -2.26. The largest absolute Gasteiger partial charge is 0.507 e. The molecule has 0 aliphatic carbocycles. The lowest BCUT2D eigenvalue weighted by Crippen LogP contribution is -2.29. The van der Waals surface area contributed by atoms with Crippen LogP contribution in [0.4, 0.5) is 11.4 Å². The van der Waals surface area contributed by atoms with E-state index in [4.69, 9.17) is 9.47 Å². The van der Waals surface area contributed by atoms with Crippen LogP contribution in [0.25, 0.3) is 5.76 Å². The normalized spacial score (nSPS) is 16.8. The van der Waals surface area contributed by atoms with Crippen molar-refractivity contribution in [2.24, 2.45) is 0 Å². The Morgan fingerprint density at radius 3 is 2.30 bits per heavy atom. The number of hydrogen-bond donors (Lipinski definition) is 1. The number of aliphatic hydroxyl groups excluding tert-OH is 1. The molecule has 192 valence electrons. The molecule has 1 fully saturated rings. The summed E-state index contributed by atoms with van der Waals surface area (Å²) >= 11 is 0. The zero-order valence-electron chi connectivity index (χ0n) is 22.0. The van der Waals surface area contributed by atoms with Crippen molar-refractivity contribution >= 4 is 28.8 Å². The van der Waals surface area contributed by atoms with Crippen LogP contribution < -0.4 is 19.3 Å². The molecule has 1 aliphatic rings. The van der Waals surface area contributed by atoms with E-state index >= 15 is 0 Å². The third kappa shape index (κ3) is 5.03. The molecular weight excluding hydrogens is 468 g/mol. The molecule has 1 heterocycles. The molecule has 3 aromatic carbocycles. The number of anilines is 2. The van der Waals surface area contributed by atoms with E-state index in [-0.39, 0.29) is 17.4 Å². The van der Waals surface area contributed by atoms with Gasteiger partial charge in [-0.1, -0.05) is 12.1 Å². The van der Waals surface area contributed by atoms with Crippen LogP contribution in [0.2, 0.25) is 0 Å². The molecule has 1 unspecified atom stereocenters. The molecule has 7 heteroatoms. The molecule has 0 aromatic heterocycles. The van der Waals surface area contributed by atoms with E-state index in [0.29, 0.717) is 28.3 Å². The Bertz CT molecular complexity index is 1360. The van der Waals surface area contributed by atoms with E-state index in [1.54, 1.807) is 37.4 Å². The van der Waals surface area contributed by atoms with Crippen molar-refractivity contribution in [1.29, 1.82) is 0 Å². The van der Waals surface area contributed by atoms with Gasteiger partial charge in [0.1, 0.15) is 17.3 Å². The van der Waals surface area contributed by atoms with Gasteiger partial charge in [0.2, 0.25) is 0 Å². The fraction of sp³-hybridized carbons (Fsp3) is 0.267. The Kier molecular flexibility index (Phi) is 7.25. The van der Waals surface area contributed by atoms with Crippen molar-refractivity contribution in [3.63, 3.8) is 0 Å². The van der Waals surface area contributed by atoms with Crippen molar-refractivity contribution in [1.82, 2.24) is 0 Å². The maximum Gasteiger partial charge on any atom is 0.300 e. The third-order valence-corrected chi connectivity index (χ3v) is 6.30. The van der Waals surface area contributed by atoms with E-state index in [9.17, 15) is 14.7 Å². The third-order valence-electron chi connectivity index (χ3n) is 6.30. The van der Waals surface area contributed by atoms with Crippen molar-refractivity contribution in [3.8, 4) is 11.5 Å². The minimum atomic E-state index is -0.844. The Morgan fingerprint density at radius 1 is 1.00 bits per heavy atom. The highest BCUT2D eigenvalue weighted by molar-refractivity contribution is 6.51. The maximum absolute atomic E-state index is 13.5. The van der Waals surface area contributed by atoms with Crippen LogP contribution >= 0.6 is 0 Å². The van der Waals surface area contributed by atoms with Crippen molar-refractivity contribution in [2.75, 3.05) is 31.0 Å². The Morgan fingerprint density at radius 2 is 1.70 bits per heavy atom. The first kappa shape index (κ1) is 25.8. The lowest BCUT2D eigenvalue weighted by molar-refractivity contribution is -0.132. The summed E-state index contributed by atoms with van der Waals surface area (Å²) < 4.78 is 11.2. The number of ether oxygens (including phenoxy) is 2. The Balaban J connectivity index is 1.91. The molecule has 3 aromatic rings. The Hall–Kier alpha value is -4.26. The molecule has 0 spiro atoms. The molecule has 1 aliphatic heterocycles. The van der Waals surface area contributed by atoms with Gasteiger partial charge in [0.05, 0.1) is 24.8 Å². The molecule has 1 amide bonds. The number of ketones is 1. The van der Waals surface area contributed by atoms with E-state index in [1.165, 1.54) is 4.90 Å². The number of aryl methyl sites for hydroxylation is 1. The van der Waals surface area contributed by atoms with E-state index in [0.717, 1.165) is 11.3 Å². The van der Waals surface area contributed by atoms with Crippen LogP contribution in [0.1, 0.15) is 36.6 Å². The van der Waals surface area contributed by atoms with E-state index < -0.39 is 17.7 Å².